The van der Waals surface area contributed by atoms with Gasteiger partial charge in [0.15, 0.2) is 0 Å². The summed E-state index contributed by atoms with van der Waals surface area (Å²) in [7, 11) is 0. The van der Waals surface area contributed by atoms with Crippen LogP contribution in [-0.4, -0.2) is 21.7 Å². The lowest BCUT2D eigenvalue weighted by molar-refractivity contribution is -0.136. The maximum absolute atomic E-state index is 9.37. The highest BCUT2D eigenvalue weighted by Crippen LogP contribution is 2.02. The van der Waals surface area contributed by atoms with Crippen molar-refractivity contribution in [3.63, 3.8) is 0 Å². The Morgan fingerprint density at radius 1 is 1.31 bits per heavy atom. The zero-order valence-corrected chi connectivity index (χ0v) is 7.40. The molecule has 0 spiro atoms. The summed E-state index contributed by atoms with van der Waals surface area (Å²) in [5, 5.41) is 16.4. The molecule has 4 N–H and O–H groups in total. The van der Waals surface area contributed by atoms with Crippen molar-refractivity contribution in [3.8, 4) is 5.75 Å². The second kappa shape index (κ2) is 8.55. The number of carboxylic acid groups (broad SMARTS) is 1. The first kappa shape index (κ1) is 14.0. The van der Waals surface area contributed by atoms with Crippen LogP contribution in [0.5, 0.6) is 5.75 Å². The van der Waals surface area contributed by atoms with Gasteiger partial charge in [0.25, 0.3) is 0 Å². The summed E-state index contributed by atoms with van der Waals surface area (Å²) in [5.74, 6) is -0.424. The predicted octanol–water partition coefficient (Wildman–Crippen LogP) is 1.05. The van der Waals surface area contributed by atoms with Gasteiger partial charge in [0, 0.05) is 6.42 Å². The topological polar surface area (TPSA) is 89.0 Å². The molecule has 0 fully saturated rings. The molecule has 13 heavy (non-hydrogen) atoms. The Labute approximate surface area is 76.8 Å². The van der Waals surface area contributed by atoms with Crippen LogP contribution in [0.25, 0.3) is 0 Å². The van der Waals surface area contributed by atoms with E-state index < -0.39 is 5.97 Å². The molecule has 0 amide bonds. The number of aromatic hydroxyl groups is 1. The molecular weight excluding hydrogens is 172 g/mol. The van der Waals surface area contributed by atoms with Gasteiger partial charge in [-0.3, -0.25) is 4.79 Å². The first-order valence-electron chi connectivity index (χ1n) is 3.62. The van der Waals surface area contributed by atoms with Gasteiger partial charge in [0.2, 0.25) is 0 Å². The van der Waals surface area contributed by atoms with E-state index in [1.165, 1.54) is 0 Å². The van der Waals surface area contributed by atoms with Crippen LogP contribution >= 0.6 is 0 Å². The summed E-state index contributed by atoms with van der Waals surface area (Å²) in [6.07, 6.45) is 0.222. The minimum atomic E-state index is -0.745. The Morgan fingerprint density at radius 3 is 1.85 bits per heavy atom. The third kappa shape index (κ3) is 10.4. The van der Waals surface area contributed by atoms with E-state index in [-0.39, 0.29) is 11.9 Å². The highest BCUT2D eigenvalue weighted by molar-refractivity contribution is 5.66. The van der Waals surface area contributed by atoms with Gasteiger partial charge in [0.1, 0.15) is 5.75 Å². The molecule has 1 aromatic rings. The summed E-state index contributed by atoms with van der Waals surface area (Å²) in [5.41, 5.74) is 0. The van der Waals surface area contributed by atoms with Crippen molar-refractivity contribution in [2.45, 2.75) is 13.3 Å². The van der Waals surface area contributed by atoms with Crippen LogP contribution in [0, 0.1) is 0 Å². The maximum atomic E-state index is 9.37. The summed E-state index contributed by atoms with van der Waals surface area (Å²) in [6, 6.07) is 8.71. The van der Waals surface area contributed by atoms with E-state index >= 15 is 0 Å². The molecule has 0 radical (unpaired) electrons. The first-order valence-corrected chi connectivity index (χ1v) is 3.62. The Morgan fingerprint density at radius 2 is 1.69 bits per heavy atom. The predicted molar refractivity (Wildman–Crippen MR) is 49.6 cm³/mol. The Kier molecular flexibility index (Phi) is 9.20. The highest BCUT2D eigenvalue weighted by Gasteiger charge is 1.80. The average Bonchev–Trinajstić information content (AvgIpc) is 2.07. The second-order valence-corrected chi connectivity index (χ2v) is 2.08. The third-order valence-corrected chi connectivity index (χ3v) is 1.06. The van der Waals surface area contributed by atoms with Gasteiger partial charge in [-0.25, -0.2) is 0 Å². The number of aliphatic carboxylic acids is 1. The largest absolute Gasteiger partial charge is 0.508 e. The van der Waals surface area contributed by atoms with Crippen molar-refractivity contribution in [2.75, 3.05) is 0 Å². The number of hydrogen-bond donors (Lipinski definition) is 2. The fourth-order valence-corrected chi connectivity index (χ4v) is 0.428. The van der Waals surface area contributed by atoms with Crippen molar-refractivity contribution in [3.05, 3.63) is 30.3 Å². The molecule has 0 heterocycles. The van der Waals surface area contributed by atoms with Gasteiger partial charge in [0.05, 0.1) is 0 Å². The number of benzene rings is 1. The van der Waals surface area contributed by atoms with Crippen LogP contribution in [0.4, 0.5) is 0 Å². The normalized spacial score (nSPS) is 7.46. The van der Waals surface area contributed by atoms with Crippen LogP contribution in [0.15, 0.2) is 30.3 Å². The standard InChI is InChI=1S/C6H6O.C3H6O2.H2O/c7-6-4-2-1-3-5-6;1-2-3(4)5;/h1-5,7H;2H2,1H3,(H,4,5);1H2. The number of rotatable bonds is 1. The molecule has 0 aliphatic carbocycles. The number of carboxylic acids is 1. The fourth-order valence-electron chi connectivity index (χ4n) is 0.428. The Balaban J connectivity index is 0. The van der Waals surface area contributed by atoms with E-state index in [2.05, 4.69) is 0 Å². The number of hydrogen-bond acceptors (Lipinski definition) is 2. The Bertz CT molecular complexity index is 220. The quantitative estimate of drug-likeness (QED) is 0.686. The minimum Gasteiger partial charge on any atom is -0.508 e. The lowest BCUT2D eigenvalue weighted by Crippen LogP contribution is -1.86. The minimum absolute atomic E-state index is 0. The number of carbonyl (C=O) groups is 1. The maximum Gasteiger partial charge on any atom is 0.303 e. The molecule has 0 atom stereocenters. The molecule has 0 bridgehead atoms. The molecule has 0 unspecified atom stereocenters. The van der Waals surface area contributed by atoms with Crippen LogP contribution in [0.3, 0.4) is 0 Å². The van der Waals surface area contributed by atoms with Crippen LogP contribution in [0.2, 0.25) is 0 Å². The van der Waals surface area contributed by atoms with Crippen LogP contribution < -0.4 is 0 Å². The molecule has 4 heteroatoms. The third-order valence-electron chi connectivity index (χ3n) is 1.06. The van der Waals surface area contributed by atoms with Gasteiger partial charge < -0.3 is 15.7 Å². The van der Waals surface area contributed by atoms with Gasteiger partial charge in [-0.15, -0.1) is 0 Å². The lowest BCUT2D eigenvalue weighted by atomic mass is 10.3. The van der Waals surface area contributed by atoms with E-state index in [0.717, 1.165) is 0 Å². The molecule has 0 saturated carbocycles. The zero-order chi connectivity index (χ0) is 9.40. The molecule has 0 aromatic heterocycles. The molecule has 0 saturated heterocycles. The lowest BCUT2D eigenvalue weighted by Gasteiger charge is -1.82. The van der Waals surface area contributed by atoms with E-state index in [1.54, 1.807) is 31.2 Å². The van der Waals surface area contributed by atoms with Crippen LogP contribution in [-0.2, 0) is 4.79 Å². The molecular formula is C9H14O4. The van der Waals surface area contributed by atoms with E-state index in [4.69, 9.17) is 10.2 Å². The molecule has 0 aliphatic heterocycles. The summed E-state index contributed by atoms with van der Waals surface area (Å²) in [4.78, 5) is 9.37. The summed E-state index contributed by atoms with van der Waals surface area (Å²) in [6.45, 7) is 1.60. The van der Waals surface area contributed by atoms with Gasteiger partial charge >= 0.3 is 5.97 Å². The second-order valence-electron chi connectivity index (χ2n) is 2.08. The first-order chi connectivity index (χ1) is 5.66. The van der Waals surface area contributed by atoms with Crippen molar-refractivity contribution < 1.29 is 20.5 Å². The molecule has 0 aliphatic rings. The van der Waals surface area contributed by atoms with Gasteiger partial charge in [-0.1, -0.05) is 25.1 Å². The van der Waals surface area contributed by atoms with E-state index in [0.29, 0.717) is 5.75 Å². The van der Waals surface area contributed by atoms with Crippen molar-refractivity contribution >= 4 is 5.97 Å². The molecule has 4 nitrogen and oxygen atoms in total. The Hall–Kier alpha value is -1.55. The van der Waals surface area contributed by atoms with E-state index in [1.807, 2.05) is 6.07 Å². The number of phenolic OH excluding ortho intramolecular Hbond substituents is 1. The van der Waals surface area contributed by atoms with Gasteiger partial charge in [-0.05, 0) is 12.1 Å². The monoisotopic (exact) mass is 186 g/mol. The number of phenols is 1. The van der Waals surface area contributed by atoms with Crippen molar-refractivity contribution in [1.82, 2.24) is 0 Å². The molecule has 1 rings (SSSR count). The van der Waals surface area contributed by atoms with Gasteiger partial charge in [-0.2, -0.15) is 0 Å². The fraction of sp³-hybridized carbons (Fsp3) is 0.222. The summed E-state index contributed by atoms with van der Waals surface area (Å²) < 4.78 is 0. The number of para-hydroxylation sites is 1. The zero-order valence-electron chi connectivity index (χ0n) is 7.40. The summed E-state index contributed by atoms with van der Waals surface area (Å²) >= 11 is 0. The highest BCUT2D eigenvalue weighted by atomic mass is 16.4. The van der Waals surface area contributed by atoms with Crippen LogP contribution in [0.1, 0.15) is 13.3 Å². The average molecular weight is 186 g/mol. The van der Waals surface area contributed by atoms with E-state index in [9.17, 15) is 4.79 Å². The molecule has 1 aromatic carbocycles. The van der Waals surface area contributed by atoms with Crippen molar-refractivity contribution in [2.24, 2.45) is 0 Å². The smallest absolute Gasteiger partial charge is 0.303 e. The molecule has 74 valence electrons. The SMILES string of the molecule is CCC(=O)O.O.Oc1ccccc1. The van der Waals surface area contributed by atoms with Crippen molar-refractivity contribution in [1.29, 1.82) is 0 Å².